The number of rotatable bonds is 3. The molecule has 0 heterocycles. The summed E-state index contributed by atoms with van der Waals surface area (Å²) in [5, 5.41) is 9.05. The van der Waals surface area contributed by atoms with Crippen molar-refractivity contribution in [2.45, 2.75) is 12.3 Å². The van der Waals surface area contributed by atoms with E-state index in [1.807, 2.05) is 24.3 Å². The number of nitriles is 1. The summed E-state index contributed by atoms with van der Waals surface area (Å²) in [7, 11) is 3.39. The summed E-state index contributed by atoms with van der Waals surface area (Å²) >= 11 is 3.33. The standard InChI is InChI=1S/C12H13BrN2O/c1-15(2)12(16)7-10(8-14)9-3-5-11(13)6-4-9/h3-6,10H,7H2,1-2H3. The molecule has 0 bridgehead atoms. The van der Waals surface area contributed by atoms with Crippen molar-refractivity contribution in [1.82, 2.24) is 4.90 Å². The van der Waals surface area contributed by atoms with Gasteiger partial charge in [0.05, 0.1) is 12.0 Å². The second-order valence-corrected chi connectivity index (χ2v) is 4.64. The molecule has 0 fully saturated rings. The first kappa shape index (κ1) is 12.7. The van der Waals surface area contributed by atoms with Gasteiger partial charge in [-0.2, -0.15) is 5.26 Å². The van der Waals surface area contributed by atoms with Gasteiger partial charge < -0.3 is 4.90 Å². The SMILES string of the molecule is CN(C)C(=O)CC(C#N)c1ccc(Br)cc1. The second-order valence-electron chi connectivity index (χ2n) is 3.73. The summed E-state index contributed by atoms with van der Waals surface area (Å²) in [5.41, 5.74) is 0.876. The van der Waals surface area contributed by atoms with Gasteiger partial charge in [0.15, 0.2) is 0 Å². The Bertz CT molecular complexity index is 406. The lowest BCUT2D eigenvalue weighted by Crippen LogP contribution is -2.23. The Kier molecular flexibility index (Phi) is 4.51. The van der Waals surface area contributed by atoms with Gasteiger partial charge in [-0.3, -0.25) is 4.79 Å². The van der Waals surface area contributed by atoms with Gasteiger partial charge >= 0.3 is 0 Å². The highest BCUT2D eigenvalue weighted by Crippen LogP contribution is 2.21. The molecule has 1 aromatic carbocycles. The average molecular weight is 281 g/mol. The first-order chi connectivity index (χ1) is 7.54. The molecule has 1 amide bonds. The van der Waals surface area contributed by atoms with Gasteiger partial charge in [0.1, 0.15) is 0 Å². The van der Waals surface area contributed by atoms with Crippen LogP contribution in [0.5, 0.6) is 0 Å². The van der Waals surface area contributed by atoms with Gasteiger partial charge in [0, 0.05) is 25.0 Å². The maximum atomic E-state index is 11.5. The van der Waals surface area contributed by atoms with E-state index < -0.39 is 0 Å². The Balaban J connectivity index is 2.80. The molecule has 1 unspecified atom stereocenters. The van der Waals surface area contributed by atoms with Crippen molar-refractivity contribution in [3.63, 3.8) is 0 Å². The van der Waals surface area contributed by atoms with Crippen LogP contribution in [0.4, 0.5) is 0 Å². The van der Waals surface area contributed by atoms with Gasteiger partial charge in [-0.05, 0) is 17.7 Å². The zero-order valence-electron chi connectivity index (χ0n) is 9.27. The molecule has 0 radical (unpaired) electrons. The predicted octanol–water partition coefficient (Wildman–Crippen LogP) is 2.53. The quantitative estimate of drug-likeness (QED) is 0.854. The zero-order valence-corrected chi connectivity index (χ0v) is 10.9. The van der Waals surface area contributed by atoms with E-state index in [2.05, 4.69) is 22.0 Å². The fourth-order valence-corrected chi connectivity index (χ4v) is 1.55. The summed E-state index contributed by atoms with van der Waals surface area (Å²) in [6.07, 6.45) is 0.227. The number of hydrogen-bond donors (Lipinski definition) is 0. The Hall–Kier alpha value is -1.34. The van der Waals surface area contributed by atoms with Crippen molar-refractivity contribution in [3.05, 3.63) is 34.3 Å². The fraction of sp³-hybridized carbons (Fsp3) is 0.333. The van der Waals surface area contributed by atoms with Crippen LogP contribution in [0.1, 0.15) is 17.9 Å². The predicted molar refractivity (Wildman–Crippen MR) is 65.8 cm³/mol. The van der Waals surface area contributed by atoms with Crippen molar-refractivity contribution in [3.8, 4) is 6.07 Å². The molecule has 0 aliphatic heterocycles. The minimum absolute atomic E-state index is 0.0329. The summed E-state index contributed by atoms with van der Waals surface area (Å²) in [6.45, 7) is 0. The maximum absolute atomic E-state index is 11.5. The topological polar surface area (TPSA) is 44.1 Å². The van der Waals surface area contributed by atoms with Crippen LogP contribution in [-0.4, -0.2) is 24.9 Å². The molecule has 0 aliphatic carbocycles. The van der Waals surface area contributed by atoms with Gasteiger partial charge in [-0.25, -0.2) is 0 Å². The number of carbonyl (C=O) groups is 1. The average Bonchev–Trinajstić information content (AvgIpc) is 2.26. The normalized spacial score (nSPS) is 11.6. The highest BCUT2D eigenvalue weighted by molar-refractivity contribution is 9.10. The molecule has 0 aromatic heterocycles. The van der Waals surface area contributed by atoms with Crippen LogP contribution >= 0.6 is 15.9 Å². The van der Waals surface area contributed by atoms with E-state index in [1.165, 1.54) is 4.90 Å². The third kappa shape index (κ3) is 3.35. The minimum Gasteiger partial charge on any atom is -0.349 e. The van der Waals surface area contributed by atoms with Crippen LogP contribution in [-0.2, 0) is 4.79 Å². The second kappa shape index (κ2) is 5.66. The Morgan fingerprint density at radius 3 is 2.44 bits per heavy atom. The van der Waals surface area contributed by atoms with Gasteiger partial charge in [0.2, 0.25) is 5.91 Å². The van der Waals surface area contributed by atoms with E-state index in [-0.39, 0.29) is 18.2 Å². The van der Waals surface area contributed by atoms with Gasteiger partial charge in [-0.1, -0.05) is 28.1 Å². The lowest BCUT2D eigenvalue weighted by molar-refractivity contribution is -0.128. The molecular formula is C12H13BrN2O. The number of nitrogens with zero attached hydrogens (tertiary/aromatic N) is 2. The molecule has 0 saturated carbocycles. The molecule has 1 atom stereocenters. The lowest BCUT2D eigenvalue weighted by Gasteiger charge is -2.13. The van der Waals surface area contributed by atoms with Crippen molar-refractivity contribution in [2.75, 3.05) is 14.1 Å². The largest absolute Gasteiger partial charge is 0.349 e. The first-order valence-corrected chi connectivity index (χ1v) is 5.69. The number of halogens is 1. The van der Waals surface area contributed by atoms with Crippen LogP contribution < -0.4 is 0 Å². The number of carbonyl (C=O) groups excluding carboxylic acids is 1. The van der Waals surface area contributed by atoms with Crippen molar-refractivity contribution in [2.24, 2.45) is 0 Å². The van der Waals surface area contributed by atoms with E-state index in [0.717, 1.165) is 10.0 Å². The highest BCUT2D eigenvalue weighted by atomic mass is 79.9. The van der Waals surface area contributed by atoms with Crippen LogP contribution in [0, 0.1) is 11.3 Å². The Labute approximate surface area is 104 Å². The minimum atomic E-state index is -0.372. The van der Waals surface area contributed by atoms with Crippen molar-refractivity contribution >= 4 is 21.8 Å². The molecule has 3 nitrogen and oxygen atoms in total. The van der Waals surface area contributed by atoms with E-state index in [1.54, 1.807) is 14.1 Å². The summed E-state index contributed by atoms with van der Waals surface area (Å²) < 4.78 is 0.965. The highest BCUT2D eigenvalue weighted by Gasteiger charge is 2.16. The van der Waals surface area contributed by atoms with E-state index >= 15 is 0 Å². The smallest absolute Gasteiger partial charge is 0.223 e. The third-order valence-electron chi connectivity index (χ3n) is 2.31. The zero-order chi connectivity index (χ0) is 12.1. The molecule has 1 aromatic rings. The summed E-state index contributed by atoms with van der Waals surface area (Å²) in [5.74, 6) is -0.405. The molecule has 0 spiro atoms. The molecule has 16 heavy (non-hydrogen) atoms. The lowest BCUT2D eigenvalue weighted by atomic mass is 9.97. The van der Waals surface area contributed by atoms with E-state index in [4.69, 9.17) is 5.26 Å². The number of benzene rings is 1. The maximum Gasteiger partial charge on any atom is 0.223 e. The fourth-order valence-electron chi connectivity index (χ4n) is 1.29. The van der Waals surface area contributed by atoms with Crippen LogP contribution in [0.3, 0.4) is 0 Å². The van der Waals surface area contributed by atoms with E-state index in [9.17, 15) is 4.79 Å². The number of amides is 1. The molecule has 84 valence electrons. The molecule has 4 heteroatoms. The van der Waals surface area contributed by atoms with Crippen LogP contribution in [0.25, 0.3) is 0 Å². The first-order valence-electron chi connectivity index (χ1n) is 4.90. The Morgan fingerprint density at radius 2 is 2.00 bits per heavy atom. The van der Waals surface area contributed by atoms with Gasteiger partial charge in [0.25, 0.3) is 0 Å². The molecule has 0 N–H and O–H groups in total. The van der Waals surface area contributed by atoms with Crippen molar-refractivity contribution in [1.29, 1.82) is 5.26 Å². The van der Waals surface area contributed by atoms with Gasteiger partial charge in [-0.15, -0.1) is 0 Å². The molecule has 1 rings (SSSR count). The van der Waals surface area contributed by atoms with Crippen molar-refractivity contribution < 1.29 is 4.79 Å². The Morgan fingerprint density at radius 1 is 1.44 bits per heavy atom. The molecule has 0 saturated heterocycles. The monoisotopic (exact) mass is 280 g/mol. The molecule has 0 aliphatic rings. The third-order valence-corrected chi connectivity index (χ3v) is 2.83. The van der Waals surface area contributed by atoms with Crippen LogP contribution in [0.2, 0.25) is 0 Å². The van der Waals surface area contributed by atoms with E-state index in [0.29, 0.717) is 0 Å². The summed E-state index contributed by atoms with van der Waals surface area (Å²) in [4.78, 5) is 13.0. The molecular weight excluding hydrogens is 268 g/mol. The van der Waals surface area contributed by atoms with Crippen LogP contribution in [0.15, 0.2) is 28.7 Å². The number of hydrogen-bond acceptors (Lipinski definition) is 2. The summed E-state index contributed by atoms with van der Waals surface area (Å²) in [6, 6.07) is 9.63.